The minimum Gasteiger partial charge on any atom is -0.398 e. The van der Waals surface area contributed by atoms with Gasteiger partial charge in [0.1, 0.15) is 0 Å². The third-order valence-corrected chi connectivity index (χ3v) is 4.03. The van der Waals surface area contributed by atoms with Crippen molar-refractivity contribution >= 4 is 22.5 Å². The van der Waals surface area contributed by atoms with Gasteiger partial charge in [0.05, 0.1) is 12.1 Å². The minimum atomic E-state index is 0.181. The molecule has 0 bridgehead atoms. The minimum absolute atomic E-state index is 0.181. The average Bonchev–Trinajstić information content (AvgIpc) is 2.64. The van der Waals surface area contributed by atoms with E-state index in [4.69, 9.17) is 5.73 Å². The van der Waals surface area contributed by atoms with E-state index >= 15 is 0 Å². The number of aromatic nitrogens is 1. The summed E-state index contributed by atoms with van der Waals surface area (Å²) in [5.41, 5.74) is 8.81. The number of anilines is 1. The smallest absolute Gasteiger partial charge is 0.236 e. The number of benzene rings is 1. The number of hydrogen-bond donors (Lipinski definition) is 1. The van der Waals surface area contributed by atoms with Gasteiger partial charge in [-0.15, -0.1) is 0 Å². The van der Waals surface area contributed by atoms with Crippen LogP contribution in [0.3, 0.4) is 0 Å². The van der Waals surface area contributed by atoms with Gasteiger partial charge < -0.3 is 10.6 Å². The SMILES string of the molecule is CN1CCCN(Cc2ccc(N)c3cccnc23)CC1=O. The van der Waals surface area contributed by atoms with Gasteiger partial charge in [0, 0.05) is 44.0 Å². The molecule has 2 heterocycles. The molecule has 1 fully saturated rings. The summed E-state index contributed by atoms with van der Waals surface area (Å²) in [4.78, 5) is 20.4. The number of pyridine rings is 1. The fraction of sp³-hybridized carbons (Fsp3) is 0.375. The highest BCUT2D eigenvalue weighted by Gasteiger charge is 2.19. The van der Waals surface area contributed by atoms with Crippen LogP contribution in [0.15, 0.2) is 30.5 Å². The van der Waals surface area contributed by atoms with E-state index in [-0.39, 0.29) is 5.91 Å². The van der Waals surface area contributed by atoms with E-state index in [1.165, 1.54) is 0 Å². The van der Waals surface area contributed by atoms with Gasteiger partial charge in [-0.1, -0.05) is 6.07 Å². The zero-order valence-electron chi connectivity index (χ0n) is 12.2. The quantitative estimate of drug-likeness (QED) is 0.849. The first-order valence-electron chi connectivity index (χ1n) is 7.23. The normalized spacial score (nSPS) is 17.2. The average molecular weight is 284 g/mol. The summed E-state index contributed by atoms with van der Waals surface area (Å²) in [6.07, 6.45) is 2.79. The highest BCUT2D eigenvalue weighted by atomic mass is 16.2. The van der Waals surface area contributed by atoms with Gasteiger partial charge in [-0.2, -0.15) is 0 Å². The van der Waals surface area contributed by atoms with Crippen LogP contribution >= 0.6 is 0 Å². The summed E-state index contributed by atoms with van der Waals surface area (Å²) >= 11 is 0. The number of rotatable bonds is 2. The maximum atomic E-state index is 12.0. The molecule has 2 N–H and O–H groups in total. The second-order valence-corrected chi connectivity index (χ2v) is 5.59. The molecule has 21 heavy (non-hydrogen) atoms. The Bertz CT molecular complexity index is 670. The highest BCUT2D eigenvalue weighted by Crippen LogP contribution is 2.23. The Morgan fingerprint density at radius 3 is 3.00 bits per heavy atom. The number of nitrogens with zero attached hydrogens (tertiary/aromatic N) is 3. The summed E-state index contributed by atoms with van der Waals surface area (Å²) in [7, 11) is 1.87. The Labute approximate surface area is 124 Å². The van der Waals surface area contributed by atoms with E-state index in [2.05, 4.69) is 9.88 Å². The number of nitrogens with two attached hydrogens (primary N) is 1. The van der Waals surface area contributed by atoms with E-state index in [0.717, 1.165) is 48.2 Å². The predicted molar refractivity (Wildman–Crippen MR) is 83.7 cm³/mol. The predicted octanol–water partition coefficient (Wildman–Crippen LogP) is 1.48. The monoisotopic (exact) mass is 284 g/mol. The third kappa shape index (κ3) is 2.83. The van der Waals surface area contributed by atoms with Crippen LogP contribution in [0.2, 0.25) is 0 Å². The lowest BCUT2D eigenvalue weighted by atomic mass is 10.1. The van der Waals surface area contributed by atoms with Crippen molar-refractivity contribution in [3.8, 4) is 0 Å². The molecule has 5 heteroatoms. The zero-order valence-corrected chi connectivity index (χ0v) is 12.2. The van der Waals surface area contributed by atoms with Crippen molar-refractivity contribution in [1.29, 1.82) is 0 Å². The molecule has 3 rings (SSSR count). The second-order valence-electron chi connectivity index (χ2n) is 5.59. The Balaban J connectivity index is 1.88. The number of hydrogen-bond acceptors (Lipinski definition) is 4. The van der Waals surface area contributed by atoms with Crippen LogP contribution in [0.5, 0.6) is 0 Å². The van der Waals surface area contributed by atoms with E-state index in [9.17, 15) is 4.79 Å². The fourth-order valence-corrected chi connectivity index (χ4v) is 2.80. The zero-order chi connectivity index (χ0) is 14.8. The van der Waals surface area contributed by atoms with Crippen molar-refractivity contribution < 1.29 is 4.79 Å². The maximum absolute atomic E-state index is 12.0. The molecular weight excluding hydrogens is 264 g/mol. The summed E-state index contributed by atoms with van der Waals surface area (Å²) in [6.45, 7) is 2.95. The number of carbonyl (C=O) groups excluding carboxylic acids is 1. The topological polar surface area (TPSA) is 62.5 Å². The van der Waals surface area contributed by atoms with Gasteiger partial charge in [0.2, 0.25) is 5.91 Å². The number of carbonyl (C=O) groups is 1. The van der Waals surface area contributed by atoms with Gasteiger partial charge in [-0.3, -0.25) is 14.7 Å². The molecule has 1 aromatic carbocycles. The van der Waals surface area contributed by atoms with Crippen molar-refractivity contribution in [2.75, 3.05) is 32.4 Å². The molecule has 0 atom stereocenters. The molecular formula is C16H20N4O. The molecule has 0 unspecified atom stereocenters. The summed E-state index contributed by atoms with van der Waals surface area (Å²) in [5.74, 6) is 0.181. The van der Waals surface area contributed by atoms with Crippen LogP contribution in [0.4, 0.5) is 5.69 Å². The van der Waals surface area contributed by atoms with Crippen molar-refractivity contribution in [2.45, 2.75) is 13.0 Å². The second kappa shape index (κ2) is 5.69. The first kappa shape index (κ1) is 13.8. The van der Waals surface area contributed by atoms with Gasteiger partial charge in [0.15, 0.2) is 0 Å². The molecule has 1 aliphatic heterocycles. The molecule has 110 valence electrons. The Kier molecular flexibility index (Phi) is 3.75. The molecule has 5 nitrogen and oxygen atoms in total. The van der Waals surface area contributed by atoms with Gasteiger partial charge >= 0.3 is 0 Å². The summed E-state index contributed by atoms with van der Waals surface area (Å²) in [6, 6.07) is 7.82. The molecule has 0 aliphatic carbocycles. The number of likely N-dealkylation sites (N-methyl/N-ethyl adjacent to an activating group) is 1. The van der Waals surface area contributed by atoms with Gasteiger partial charge in [-0.05, 0) is 30.2 Å². The molecule has 0 radical (unpaired) electrons. The van der Waals surface area contributed by atoms with Crippen LogP contribution in [-0.2, 0) is 11.3 Å². The first-order valence-corrected chi connectivity index (χ1v) is 7.23. The van der Waals surface area contributed by atoms with Crippen LogP contribution in [0.25, 0.3) is 10.9 Å². The lowest BCUT2D eigenvalue weighted by Crippen LogP contribution is -2.34. The molecule has 0 spiro atoms. The molecule has 1 amide bonds. The lowest BCUT2D eigenvalue weighted by molar-refractivity contribution is -0.129. The van der Waals surface area contributed by atoms with Crippen molar-refractivity contribution in [2.24, 2.45) is 0 Å². The van der Waals surface area contributed by atoms with Crippen LogP contribution in [0, 0.1) is 0 Å². The summed E-state index contributed by atoms with van der Waals surface area (Å²) < 4.78 is 0. The van der Waals surface area contributed by atoms with Crippen molar-refractivity contribution in [1.82, 2.24) is 14.8 Å². The maximum Gasteiger partial charge on any atom is 0.236 e. The molecule has 1 saturated heterocycles. The van der Waals surface area contributed by atoms with Crippen LogP contribution in [-0.4, -0.2) is 47.4 Å². The molecule has 1 aliphatic rings. The van der Waals surface area contributed by atoms with Gasteiger partial charge in [0.25, 0.3) is 0 Å². The standard InChI is InChI=1S/C16H20N4O/c1-19-8-3-9-20(11-15(19)21)10-12-5-6-14(17)13-4-2-7-18-16(12)13/h2,4-7H,3,8-11,17H2,1H3. The van der Waals surface area contributed by atoms with E-state index in [1.807, 2.05) is 31.3 Å². The van der Waals surface area contributed by atoms with E-state index < -0.39 is 0 Å². The Hall–Kier alpha value is -2.14. The van der Waals surface area contributed by atoms with E-state index in [1.54, 1.807) is 11.1 Å². The lowest BCUT2D eigenvalue weighted by Gasteiger charge is -2.20. The molecule has 2 aromatic rings. The third-order valence-electron chi connectivity index (χ3n) is 4.03. The van der Waals surface area contributed by atoms with Gasteiger partial charge in [-0.25, -0.2) is 0 Å². The summed E-state index contributed by atoms with van der Waals surface area (Å²) in [5, 5.41) is 0.980. The van der Waals surface area contributed by atoms with Crippen LogP contribution in [0.1, 0.15) is 12.0 Å². The first-order chi connectivity index (χ1) is 10.1. The molecule has 0 saturated carbocycles. The largest absolute Gasteiger partial charge is 0.398 e. The number of nitrogen functional groups attached to an aromatic ring is 1. The Morgan fingerprint density at radius 2 is 2.14 bits per heavy atom. The highest BCUT2D eigenvalue weighted by molar-refractivity contribution is 5.92. The van der Waals surface area contributed by atoms with Crippen molar-refractivity contribution in [3.05, 3.63) is 36.0 Å². The Morgan fingerprint density at radius 1 is 1.29 bits per heavy atom. The molecule has 1 aromatic heterocycles. The van der Waals surface area contributed by atoms with Crippen LogP contribution < -0.4 is 5.73 Å². The fourth-order valence-electron chi connectivity index (χ4n) is 2.80. The van der Waals surface area contributed by atoms with E-state index in [0.29, 0.717) is 6.54 Å². The number of fused-ring (bicyclic) bond motifs is 1. The van der Waals surface area contributed by atoms with Crippen molar-refractivity contribution in [3.63, 3.8) is 0 Å². The number of amides is 1.